The zero-order chi connectivity index (χ0) is 12.6. The molecule has 92 valence electrons. The summed E-state index contributed by atoms with van der Waals surface area (Å²) in [6, 6.07) is 0. The third-order valence-electron chi connectivity index (χ3n) is 1.75. The number of ether oxygens (including phenoxy) is 2. The molecule has 0 aromatic rings. The smallest absolute Gasteiger partial charge is 0.308 e. The molecule has 0 aliphatic carbocycles. The third-order valence-corrected chi connectivity index (χ3v) is 1.75. The Morgan fingerprint density at radius 3 is 1.44 bits per heavy atom. The van der Waals surface area contributed by atoms with Crippen molar-refractivity contribution in [2.24, 2.45) is 11.8 Å². The molecule has 0 rings (SSSR count). The van der Waals surface area contributed by atoms with Gasteiger partial charge in [-0.15, -0.1) is 0 Å². The minimum Gasteiger partial charge on any atom is -0.461 e. The molecule has 0 bridgehead atoms. The Labute approximate surface area is 96.6 Å². The predicted molar refractivity (Wildman–Crippen MR) is 60.7 cm³/mol. The zero-order valence-corrected chi connectivity index (χ0v) is 10.4. The number of carbonyl (C=O) groups excluding carboxylic acids is 2. The summed E-state index contributed by atoms with van der Waals surface area (Å²) in [7, 11) is 0. The number of esters is 2. The minimum atomic E-state index is -0.233. The number of hydrogen-bond donors (Lipinski definition) is 0. The van der Waals surface area contributed by atoms with Gasteiger partial charge in [0.1, 0.15) is 13.2 Å². The second-order valence-electron chi connectivity index (χ2n) is 4.04. The maximum atomic E-state index is 11.0. The summed E-state index contributed by atoms with van der Waals surface area (Å²) in [5.41, 5.74) is 0. The lowest BCUT2D eigenvalue weighted by Crippen LogP contribution is -2.12. The first-order valence-corrected chi connectivity index (χ1v) is 5.43. The molecule has 0 aliphatic heterocycles. The summed E-state index contributed by atoms with van der Waals surface area (Å²) in [5.74, 6) is -0.702. The van der Waals surface area contributed by atoms with Crippen molar-refractivity contribution in [2.45, 2.75) is 27.7 Å². The van der Waals surface area contributed by atoms with E-state index in [-0.39, 0.29) is 37.0 Å². The Balaban J connectivity index is 3.56. The molecule has 0 saturated heterocycles. The second-order valence-corrected chi connectivity index (χ2v) is 4.04. The van der Waals surface area contributed by atoms with Crippen LogP contribution in [0, 0.1) is 11.8 Å². The van der Waals surface area contributed by atoms with E-state index < -0.39 is 0 Å². The fourth-order valence-electron chi connectivity index (χ4n) is 0.730. The monoisotopic (exact) mass is 228 g/mol. The molecule has 0 atom stereocenters. The first-order chi connectivity index (χ1) is 7.45. The molecular weight excluding hydrogens is 208 g/mol. The molecular formula is C12H20O4. The van der Waals surface area contributed by atoms with Gasteiger partial charge in [0.2, 0.25) is 0 Å². The van der Waals surface area contributed by atoms with E-state index in [2.05, 4.69) is 0 Å². The topological polar surface area (TPSA) is 52.6 Å². The minimum absolute atomic E-state index is 0.118. The van der Waals surface area contributed by atoms with Crippen molar-refractivity contribution < 1.29 is 19.1 Å². The average Bonchev–Trinajstić information content (AvgIpc) is 2.21. The molecule has 0 aliphatic rings. The highest BCUT2D eigenvalue weighted by Gasteiger charge is 2.07. The fourth-order valence-corrected chi connectivity index (χ4v) is 0.730. The maximum Gasteiger partial charge on any atom is 0.308 e. The standard InChI is InChI=1S/C12H20O4/c1-9(2)11(13)15-7-5-6-8-16-12(14)10(3)4/h5-6,9-10H,7-8H2,1-4H3/b6-5-. The van der Waals surface area contributed by atoms with E-state index in [1.54, 1.807) is 39.8 Å². The van der Waals surface area contributed by atoms with Gasteiger partial charge < -0.3 is 9.47 Å². The Kier molecular flexibility index (Phi) is 7.25. The molecule has 0 saturated carbocycles. The molecule has 0 heterocycles. The van der Waals surface area contributed by atoms with E-state index in [1.807, 2.05) is 0 Å². The molecule has 0 spiro atoms. The Morgan fingerprint density at radius 2 is 1.19 bits per heavy atom. The highest BCUT2D eigenvalue weighted by Crippen LogP contribution is 1.97. The van der Waals surface area contributed by atoms with E-state index in [1.165, 1.54) is 0 Å². The lowest BCUT2D eigenvalue weighted by molar-refractivity contribution is -0.147. The molecule has 0 aromatic heterocycles. The normalized spacial score (nSPS) is 11.1. The molecule has 0 unspecified atom stereocenters. The summed E-state index contributed by atoms with van der Waals surface area (Å²) in [5, 5.41) is 0. The van der Waals surface area contributed by atoms with Gasteiger partial charge in [-0.3, -0.25) is 9.59 Å². The van der Waals surface area contributed by atoms with Gasteiger partial charge in [0.05, 0.1) is 11.8 Å². The summed E-state index contributed by atoms with van der Waals surface area (Å²) in [4.78, 5) is 22.1. The van der Waals surface area contributed by atoms with Gasteiger partial charge in [0.15, 0.2) is 0 Å². The van der Waals surface area contributed by atoms with Crippen LogP contribution in [0.2, 0.25) is 0 Å². The van der Waals surface area contributed by atoms with E-state index in [4.69, 9.17) is 9.47 Å². The number of carbonyl (C=O) groups is 2. The second kappa shape index (κ2) is 7.91. The van der Waals surface area contributed by atoms with Crippen molar-refractivity contribution in [1.82, 2.24) is 0 Å². The molecule has 0 N–H and O–H groups in total. The summed E-state index contributed by atoms with van der Waals surface area (Å²) < 4.78 is 9.78. The van der Waals surface area contributed by atoms with Crippen molar-refractivity contribution in [3.05, 3.63) is 12.2 Å². The van der Waals surface area contributed by atoms with Crippen LogP contribution in [0.3, 0.4) is 0 Å². The van der Waals surface area contributed by atoms with Gasteiger partial charge in [0.25, 0.3) is 0 Å². The SMILES string of the molecule is CC(C)C(=O)OC/C=C\COC(=O)C(C)C. The van der Waals surface area contributed by atoms with Crippen molar-refractivity contribution in [1.29, 1.82) is 0 Å². The first-order valence-electron chi connectivity index (χ1n) is 5.43. The molecule has 4 heteroatoms. The van der Waals surface area contributed by atoms with E-state index in [9.17, 15) is 9.59 Å². The lowest BCUT2D eigenvalue weighted by Gasteiger charge is -2.05. The van der Waals surface area contributed by atoms with Gasteiger partial charge in [-0.05, 0) is 12.2 Å². The van der Waals surface area contributed by atoms with Crippen LogP contribution in [-0.4, -0.2) is 25.2 Å². The largest absolute Gasteiger partial charge is 0.461 e. The van der Waals surface area contributed by atoms with Gasteiger partial charge in [-0.2, -0.15) is 0 Å². The van der Waals surface area contributed by atoms with E-state index >= 15 is 0 Å². The Hall–Kier alpha value is -1.32. The highest BCUT2D eigenvalue weighted by molar-refractivity contribution is 5.72. The van der Waals surface area contributed by atoms with Crippen molar-refractivity contribution in [3.8, 4) is 0 Å². The van der Waals surface area contributed by atoms with Crippen molar-refractivity contribution >= 4 is 11.9 Å². The van der Waals surface area contributed by atoms with Crippen LogP contribution in [0.5, 0.6) is 0 Å². The van der Waals surface area contributed by atoms with E-state index in [0.29, 0.717) is 0 Å². The van der Waals surface area contributed by atoms with Crippen LogP contribution in [0.25, 0.3) is 0 Å². The number of rotatable bonds is 6. The molecule has 0 amide bonds. The molecule has 0 fully saturated rings. The van der Waals surface area contributed by atoms with Crippen LogP contribution in [-0.2, 0) is 19.1 Å². The Morgan fingerprint density at radius 1 is 0.875 bits per heavy atom. The van der Waals surface area contributed by atoms with Crippen LogP contribution >= 0.6 is 0 Å². The quantitative estimate of drug-likeness (QED) is 0.515. The van der Waals surface area contributed by atoms with Gasteiger partial charge in [0, 0.05) is 0 Å². The average molecular weight is 228 g/mol. The summed E-state index contributed by atoms with van der Waals surface area (Å²) >= 11 is 0. The first kappa shape index (κ1) is 14.7. The van der Waals surface area contributed by atoms with Crippen molar-refractivity contribution in [3.63, 3.8) is 0 Å². The van der Waals surface area contributed by atoms with Crippen LogP contribution < -0.4 is 0 Å². The molecule has 4 nitrogen and oxygen atoms in total. The van der Waals surface area contributed by atoms with Gasteiger partial charge in [-0.1, -0.05) is 27.7 Å². The molecule has 16 heavy (non-hydrogen) atoms. The zero-order valence-electron chi connectivity index (χ0n) is 10.4. The molecule has 0 radical (unpaired) electrons. The van der Waals surface area contributed by atoms with Crippen LogP contribution in [0.1, 0.15) is 27.7 Å². The van der Waals surface area contributed by atoms with Gasteiger partial charge >= 0.3 is 11.9 Å². The summed E-state index contributed by atoms with van der Waals surface area (Å²) in [6.07, 6.45) is 3.32. The fraction of sp³-hybridized carbons (Fsp3) is 0.667. The van der Waals surface area contributed by atoms with Gasteiger partial charge in [-0.25, -0.2) is 0 Å². The van der Waals surface area contributed by atoms with Crippen molar-refractivity contribution in [2.75, 3.05) is 13.2 Å². The molecule has 0 aromatic carbocycles. The lowest BCUT2D eigenvalue weighted by atomic mass is 10.2. The Bertz CT molecular complexity index is 228. The van der Waals surface area contributed by atoms with Crippen LogP contribution in [0.4, 0.5) is 0 Å². The number of hydrogen-bond acceptors (Lipinski definition) is 4. The van der Waals surface area contributed by atoms with E-state index in [0.717, 1.165) is 0 Å². The third kappa shape index (κ3) is 7.04. The predicted octanol–water partition coefficient (Wildman–Crippen LogP) is 1.94. The van der Waals surface area contributed by atoms with Crippen LogP contribution in [0.15, 0.2) is 12.2 Å². The maximum absolute atomic E-state index is 11.0. The highest BCUT2D eigenvalue weighted by atomic mass is 16.5. The summed E-state index contributed by atoms with van der Waals surface area (Å²) in [6.45, 7) is 7.53.